The lowest BCUT2D eigenvalue weighted by Crippen LogP contribution is -2.03. The van der Waals surface area contributed by atoms with Crippen molar-refractivity contribution in [2.45, 2.75) is 52.6 Å². The molecule has 1 unspecified atom stereocenters. The molecule has 0 aromatic heterocycles. The molecule has 194 valence electrons. The second-order valence-electron chi connectivity index (χ2n) is 9.68. The second-order valence-corrected chi connectivity index (χ2v) is 10.7. The van der Waals surface area contributed by atoms with Gasteiger partial charge in [0.25, 0.3) is 0 Å². The first-order valence-electron chi connectivity index (χ1n) is 12.9. The van der Waals surface area contributed by atoms with Crippen LogP contribution in [0.2, 0.25) is 0 Å². The lowest BCUT2D eigenvalue weighted by molar-refractivity contribution is -0.137. The van der Waals surface area contributed by atoms with Crippen LogP contribution in [0.15, 0.2) is 60.7 Å². The van der Waals surface area contributed by atoms with Gasteiger partial charge in [0, 0.05) is 0 Å². The Labute approximate surface area is 224 Å². The van der Waals surface area contributed by atoms with Gasteiger partial charge in [-0.1, -0.05) is 30.3 Å². The summed E-state index contributed by atoms with van der Waals surface area (Å²) < 4.78 is 12.2. The number of rotatable bonds is 11. The Morgan fingerprint density at radius 2 is 1.84 bits per heavy atom. The molecule has 3 aromatic carbocycles. The zero-order valence-electron chi connectivity index (χ0n) is 22.2. The van der Waals surface area contributed by atoms with Gasteiger partial charge in [-0.25, -0.2) is 0 Å². The molecule has 4 nitrogen and oxygen atoms in total. The molecule has 0 saturated carbocycles. The van der Waals surface area contributed by atoms with Gasteiger partial charge in [0.15, 0.2) is 0 Å². The van der Waals surface area contributed by atoms with Gasteiger partial charge >= 0.3 is 5.97 Å². The molecule has 5 heteroatoms. The summed E-state index contributed by atoms with van der Waals surface area (Å²) in [5.74, 6) is 2.12. The summed E-state index contributed by atoms with van der Waals surface area (Å²) in [5.41, 5.74) is 9.32. The third-order valence-corrected chi connectivity index (χ3v) is 7.63. The minimum atomic E-state index is -0.757. The van der Waals surface area contributed by atoms with Crippen molar-refractivity contribution in [1.29, 1.82) is 0 Å². The minimum absolute atomic E-state index is 0.0306. The molecule has 1 aliphatic carbocycles. The molecule has 37 heavy (non-hydrogen) atoms. The predicted molar refractivity (Wildman–Crippen MR) is 154 cm³/mol. The summed E-state index contributed by atoms with van der Waals surface area (Å²) in [6, 6.07) is 18.8. The highest BCUT2D eigenvalue weighted by Gasteiger charge is 2.28. The standard InChI is InChI=1S/C32H36O4S/c1-5-24-17-26(18-31(33)34)29-11-10-27(19-30(24)29)36-20-23-8-6-9-25(16-23)32-21(2)14-28(15-22(32)3)35-12-7-13-37-4/h5-6,8-11,14-16,19,26H,7,12-13,17-18,20H2,1-4H3,(H,33,34)/b24-5-. The first kappa shape index (κ1) is 26.9. The van der Waals surface area contributed by atoms with E-state index in [2.05, 4.69) is 68.6 Å². The maximum absolute atomic E-state index is 11.3. The van der Waals surface area contributed by atoms with Crippen LogP contribution < -0.4 is 9.47 Å². The van der Waals surface area contributed by atoms with Crippen molar-refractivity contribution in [2.75, 3.05) is 18.6 Å². The Kier molecular flexibility index (Phi) is 8.99. The van der Waals surface area contributed by atoms with E-state index in [0.29, 0.717) is 6.61 Å². The third-order valence-electron chi connectivity index (χ3n) is 6.94. The van der Waals surface area contributed by atoms with Crippen molar-refractivity contribution in [2.24, 2.45) is 0 Å². The smallest absolute Gasteiger partial charge is 0.303 e. The van der Waals surface area contributed by atoms with Crippen LogP contribution >= 0.6 is 11.8 Å². The van der Waals surface area contributed by atoms with Crippen molar-refractivity contribution in [1.82, 2.24) is 0 Å². The third kappa shape index (κ3) is 6.58. The fourth-order valence-electron chi connectivity index (χ4n) is 5.25. The van der Waals surface area contributed by atoms with Gasteiger partial charge in [-0.05, 0) is 126 Å². The zero-order valence-corrected chi connectivity index (χ0v) is 23.0. The summed E-state index contributed by atoms with van der Waals surface area (Å²) in [4.78, 5) is 11.3. The number of allylic oxidation sites excluding steroid dienone is 2. The zero-order chi connectivity index (χ0) is 26.4. The largest absolute Gasteiger partial charge is 0.494 e. The number of aryl methyl sites for hydroxylation is 2. The second kappa shape index (κ2) is 12.4. The highest BCUT2D eigenvalue weighted by Crippen LogP contribution is 2.44. The van der Waals surface area contributed by atoms with Gasteiger partial charge in [0.1, 0.15) is 18.1 Å². The molecule has 0 aliphatic heterocycles. The topological polar surface area (TPSA) is 55.8 Å². The summed E-state index contributed by atoms with van der Waals surface area (Å²) >= 11 is 1.84. The Morgan fingerprint density at radius 1 is 1.05 bits per heavy atom. The number of aliphatic carboxylic acids is 1. The molecule has 3 aromatic rings. The molecule has 0 bridgehead atoms. The van der Waals surface area contributed by atoms with Crippen LogP contribution in [-0.4, -0.2) is 29.7 Å². The van der Waals surface area contributed by atoms with E-state index in [1.165, 1.54) is 27.8 Å². The Morgan fingerprint density at radius 3 is 2.54 bits per heavy atom. The maximum Gasteiger partial charge on any atom is 0.303 e. The van der Waals surface area contributed by atoms with Crippen molar-refractivity contribution < 1.29 is 19.4 Å². The summed E-state index contributed by atoms with van der Waals surface area (Å²) in [5, 5.41) is 9.28. The molecular formula is C32H36O4S. The first-order valence-corrected chi connectivity index (χ1v) is 14.3. The summed E-state index contributed by atoms with van der Waals surface area (Å²) in [6.45, 7) is 7.49. The Hall–Kier alpha value is -3.18. The SMILES string of the molecule is C/C=C1/CC(CC(=O)O)c2ccc(OCc3cccc(-c4c(C)cc(OCCCSC)cc4C)c3)cc21. The highest BCUT2D eigenvalue weighted by atomic mass is 32.2. The Balaban J connectivity index is 1.47. The summed E-state index contributed by atoms with van der Waals surface area (Å²) in [7, 11) is 0. The number of fused-ring (bicyclic) bond motifs is 1. The first-order chi connectivity index (χ1) is 17.9. The van der Waals surface area contributed by atoms with Crippen molar-refractivity contribution >= 4 is 23.3 Å². The molecule has 0 saturated heterocycles. The number of hydrogen-bond donors (Lipinski definition) is 1. The number of carboxylic acid groups (broad SMARTS) is 1. The molecular weight excluding hydrogens is 480 g/mol. The van der Waals surface area contributed by atoms with Crippen molar-refractivity contribution in [3.05, 3.63) is 88.5 Å². The molecule has 0 radical (unpaired) electrons. The van der Waals surface area contributed by atoms with Crippen LogP contribution in [0, 0.1) is 13.8 Å². The van der Waals surface area contributed by atoms with Crippen LogP contribution in [0.25, 0.3) is 16.7 Å². The van der Waals surface area contributed by atoms with Gasteiger partial charge in [-0.15, -0.1) is 0 Å². The molecule has 0 fully saturated rings. The van der Waals surface area contributed by atoms with Gasteiger partial charge in [-0.2, -0.15) is 11.8 Å². The fourth-order valence-corrected chi connectivity index (χ4v) is 5.66. The number of hydrogen-bond acceptors (Lipinski definition) is 4. The van der Waals surface area contributed by atoms with Gasteiger partial charge in [0.2, 0.25) is 0 Å². The molecule has 1 atom stereocenters. The average molecular weight is 517 g/mol. The number of thioether (sulfide) groups is 1. The molecule has 0 heterocycles. The van der Waals surface area contributed by atoms with Crippen LogP contribution in [0.1, 0.15) is 59.9 Å². The average Bonchev–Trinajstić information content (AvgIpc) is 3.21. The molecule has 0 spiro atoms. The number of benzene rings is 3. The van der Waals surface area contributed by atoms with E-state index >= 15 is 0 Å². The van der Waals surface area contributed by atoms with E-state index < -0.39 is 5.97 Å². The molecule has 4 rings (SSSR count). The van der Waals surface area contributed by atoms with E-state index in [9.17, 15) is 9.90 Å². The van der Waals surface area contributed by atoms with Crippen LogP contribution in [0.3, 0.4) is 0 Å². The van der Waals surface area contributed by atoms with E-state index in [-0.39, 0.29) is 12.3 Å². The quantitative estimate of drug-likeness (QED) is 0.261. The van der Waals surface area contributed by atoms with Gasteiger partial charge in [-0.3, -0.25) is 4.79 Å². The monoisotopic (exact) mass is 516 g/mol. The molecule has 1 N–H and O–H groups in total. The van der Waals surface area contributed by atoms with E-state index in [1.807, 2.05) is 30.8 Å². The fraction of sp³-hybridized carbons (Fsp3) is 0.344. The number of carboxylic acids is 1. The predicted octanol–water partition coefficient (Wildman–Crippen LogP) is 8.05. The minimum Gasteiger partial charge on any atom is -0.494 e. The number of ether oxygens (including phenoxy) is 2. The van der Waals surface area contributed by atoms with Crippen LogP contribution in [0.4, 0.5) is 0 Å². The van der Waals surface area contributed by atoms with Gasteiger partial charge in [0.05, 0.1) is 13.0 Å². The lowest BCUT2D eigenvalue weighted by Gasteiger charge is -2.15. The van der Waals surface area contributed by atoms with Crippen molar-refractivity contribution in [3.8, 4) is 22.6 Å². The maximum atomic E-state index is 11.3. The number of carbonyl (C=O) groups is 1. The van der Waals surface area contributed by atoms with E-state index in [0.717, 1.165) is 53.4 Å². The van der Waals surface area contributed by atoms with Crippen molar-refractivity contribution in [3.63, 3.8) is 0 Å². The Bertz CT molecular complexity index is 1270. The normalized spacial score (nSPS) is 15.6. The van der Waals surface area contributed by atoms with Crippen LogP contribution in [-0.2, 0) is 11.4 Å². The molecule has 1 aliphatic rings. The van der Waals surface area contributed by atoms with E-state index in [4.69, 9.17) is 9.47 Å². The lowest BCUT2D eigenvalue weighted by atomic mass is 9.94. The highest BCUT2D eigenvalue weighted by molar-refractivity contribution is 7.98. The van der Waals surface area contributed by atoms with Gasteiger partial charge < -0.3 is 14.6 Å². The molecule has 0 amide bonds. The van der Waals surface area contributed by atoms with E-state index in [1.54, 1.807) is 0 Å². The van der Waals surface area contributed by atoms with Crippen LogP contribution in [0.5, 0.6) is 11.5 Å². The summed E-state index contributed by atoms with van der Waals surface area (Å²) in [6.07, 6.45) is 6.17.